The number of carbonyl (C=O) groups excluding carboxylic acids is 1. The maximum atomic E-state index is 12.6. The zero-order valence-corrected chi connectivity index (χ0v) is 23.3. The number of anilines is 1. The van der Waals surface area contributed by atoms with E-state index in [4.69, 9.17) is 14.6 Å². The molecule has 0 radical (unpaired) electrons. The van der Waals surface area contributed by atoms with Crippen LogP contribution < -0.4 is 12.9 Å². The minimum Gasteiger partial charge on any atom is -0.0529 e. The number of carboxylic acids is 1. The summed E-state index contributed by atoms with van der Waals surface area (Å²) in [5, 5.41) is 13.6. The van der Waals surface area contributed by atoms with E-state index in [1.165, 1.54) is 40.3 Å². The smallest absolute Gasteiger partial charge is 0.0529 e. The van der Waals surface area contributed by atoms with Gasteiger partial charge in [0.05, 0.1) is 6.61 Å². The number of rotatable bonds is 5. The molecule has 8 heteroatoms. The number of ether oxygens (including phenoxy) is 1. The van der Waals surface area contributed by atoms with Crippen molar-refractivity contribution in [3.8, 4) is 5.75 Å². The molecule has 0 unspecified atom stereocenters. The Kier molecular flexibility index (Phi) is 9.26. The van der Waals surface area contributed by atoms with Crippen LogP contribution in [0.4, 0.5) is 5.69 Å². The van der Waals surface area contributed by atoms with Crippen LogP contribution in [-0.2, 0) is 9.59 Å². The summed E-state index contributed by atoms with van der Waals surface area (Å²) in [7, 11) is 0. The van der Waals surface area contributed by atoms with Crippen LogP contribution in [0.2, 0.25) is 0 Å². The van der Waals surface area contributed by atoms with Gasteiger partial charge in [-0.1, -0.05) is 37.1 Å². The number of carbonyl (C=O) groups is 2. The molecule has 2 N–H and O–H groups in total. The zero-order chi connectivity index (χ0) is 25.5. The number of amides is 1. The van der Waals surface area contributed by atoms with Crippen LogP contribution >= 0.6 is 11.8 Å². The van der Waals surface area contributed by atoms with Crippen LogP contribution in [0.1, 0.15) is 38.2 Å². The van der Waals surface area contributed by atoms with Crippen molar-refractivity contribution in [2.75, 3.05) is 11.9 Å². The molecular weight excluding hydrogens is 483 g/mol. The molecule has 1 amide bonds. The fraction of sp³-hybridized carbons (Fsp3) is 0.250. The predicted octanol–water partition coefficient (Wildman–Crippen LogP) is 5.38. The SMILES string of the molecule is CC(=O)O.O=C1N=C(Nc2cc[c]([Na])cc2)S/C1=C/c1cc2ccccc2cc1OCC1CCCC1. The molecule has 5 rings (SSSR count). The number of hydrogen-bond acceptors (Lipinski definition) is 5. The Balaban J connectivity index is 0.000000709. The molecule has 6 nitrogen and oxygen atoms in total. The topological polar surface area (TPSA) is 88.0 Å². The number of nitrogens with one attached hydrogen (secondary N) is 1. The van der Waals surface area contributed by atoms with Gasteiger partial charge < -0.3 is 5.11 Å². The summed E-state index contributed by atoms with van der Waals surface area (Å²) >= 11 is 2.39. The summed E-state index contributed by atoms with van der Waals surface area (Å²) in [5.41, 5.74) is 1.87. The summed E-state index contributed by atoms with van der Waals surface area (Å²) in [5.74, 6) is 0.410. The molecule has 180 valence electrons. The van der Waals surface area contributed by atoms with E-state index in [0.717, 1.165) is 69.2 Å². The molecule has 1 heterocycles. The molecule has 1 aliphatic heterocycles. The second kappa shape index (κ2) is 12.6. The van der Waals surface area contributed by atoms with Crippen LogP contribution in [0.15, 0.2) is 70.6 Å². The normalized spacial score (nSPS) is 16.6. The first-order chi connectivity index (χ1) is 17.4. The Hall–Kier alpha value is -2.58. The molecule has 3 aromatic carbocycles. The molecule has 36 heavy (non-hydrogen) atoms. The van der Waals surface area contributed by atoms with E-state index < -0.39 is 5.97 Å². The second-order valence-electron chi connectivity index (χ2n) is 9.04. The molecule has 0 saturated heterocycles. The van der Waals surface area contributed by atoms with Crippen LogP contribution in [0.5, 0.6) is 5.75 Å². The number of fused-ring (bicyclic) bond motifs is 1. The first-order valence-corrected chi connectivity index (χ1v) is 13.9. The fourth-order valence-corrected chi connectivity index (χ4v) is 5.38. The van der Waals surface area contributed by atoms with Crippen molar-refractivity contribution in [1.82, 2.24) is 0 Å². The van der Waals surface area contributed by atoms with E-state index in [9.17, 15) is 4.79 Å². The van der Waals surface area contributed by atoms with Crippen molar-refractivity contribution in [3.63, 3.8) is 0 Å². The van der Waals surface area contributed by atoms with Gasteiger partial charge in [0.15, 0.2) is 0 Å². The van der Waals surface area contributed by atoms with Crippen molar-refractivity contribution < 1.29 is 19.4 Å². The molecule has 0 atom stereocenters. The number of benzene rings is 3. The fourth-order valence-electron chi connectivity index (χ4n) is 4.22. The van der Waals surface area contributed by atoms with Crippen molar-refractivity contribution in [1.29, 1.82) is 0 Å². The number of aliphatic imine (C=N–C) groups is 1. The maximum absolute atomic E-state index is 12.6. The Morgan fingerprint density at radius 3 is 2.44 bits per heavy atom. The van der Waals surface area contributed by atoms with Gasteiger partial charge in [-0.05, 0) is 24.1 Å². The third-order valence-electron chi connectivity index (χ3n) is 6.04. The second-order valence-corrected chi connectivity index (χ2v) is 11.2. The van der Waals surface area contributed by atoms with Gasteiger partial charge in [0.1, 0.15) is 0 Å². The molecule has 1 aliphatic carbocycles. The quantitative estimate of drug-likeness (QED) is 0.354. The third-order valence-corrected chi connectivity index (χ3v) is 7.60. The van der Waals surface area contributed by atoms with E-state index in [1.54, 1.807) is 0 Å². The number of thioether (sulfide) groups is 1. The predicted molar refractivity (Wildman–Crippen MR) is 148 cm³/mol. The van der Waals surface area contributed by atoms with Crippen LogP contribution in [0, 0.1) is 5.92 Å². The monoisotopic (exact) mass is 510 g/mol. The Morgan fingerprint density at radius 1 is 1.14 bits per heavy atom. The van der Waals surface area contributed by atoms with Gasteiger partial charge in [-0.25, -0.2) is 0 Å². The van der Waals surface area contributed by atoms with E-state index in [0.29, 0.717) is 16.0 Å². The summed E-state index contributed by atoms with van der Waals surface area (Å²) < 4.78 is 7.62. The van der Waals surface area contributed by atoms with E-state index in [2.05, 4.69) is 46.7 Å². The first-order valence-electron chi connectivity index (χ1n) is 12.1. The Bertz CT molecular complexity index is 1310. The standard InChI is InChI=1S/C26H23N2O2S.C2H4O2.Na/c29-25-24(31-26(28-25)27-22-12-2-1-3-13-22)16-21-14-19-10-6-7-11-20(19)15-23(21)30-17-18-8-4-5-9-18;1-2(3)4;/h2-3,6-7,10-16,18H,4-5,8-9,17H2,(H,27,28,29);1H3,(H,3,4);/b24-16+;;. The number of aliphatic carboxylic acids is 1. The zero-order valence-electron chi connectivity index (χ0n) is 20.5. The van der Waals surface area contributed by atoms with Crippen molar-refractivity contribution in [2.24, 2.45) is 10.9 Å². The summed E-state index contributed by atoms with van der Waals surface area (Å²) in [6.07, 6.45) is 6.99. The Morgan fingerprint density at radius 2 is 1.78 bits per heavy atom. The number of hydrogen-bond donors (Lipinski definition) is 2. The van der Waals surface area contributed by atoms with Gasteiger partial charge >= 0.3 is 143 Å². The molecule has 0 spiro atoms. The molecule has 1 saturated carbocycles. The molecule has 0 aromatic heterocycles. The first kappa shape index (κ1) is 26.5. The van der Waals surface area contributed by atoms with Crippen LogP contribution in [0.3, 0.4) is 0 Å². The van der Waals surface area contributed by atoms with Crippen molar-refractivity contribution in [3.05, 3.63) is 71.1 Å². The number of amidine groups is 1. The van der Waals surface area contributed by atoms with Crippen LogP contribution in [-0.4, -0.2) is 56.7 Å². The minimum atomic E-state index is -0.833. The average molecular weight is 511 g/mol. The van der Waals surface area contributed by atoms with E-state index >= 15 is 0 Å². The van der Waals surface area contributed by atoms with Gasteiger partial charge in [0.25, 0.3) is 5.97 Å². The summed E-state index contributed by atoms with van der Waals surface area (Å²) in [6.45, 7) is 1.81. The van der Waals surface area contributed by atoms with Gasteiger partial charge in [-0.3, -0.25) is 4.79 Å². The van der Waals surface area contributed by atoms with Gasteiger partial charge in [-0.2, -0.15) is 0 Å². The van der Waals surface area contributed by atoms with Gasteiger partial charge in [0.2, 0.25) is 0 Å². The van der Waals surface area contributed by atoms with E-state index in [-0.39, 0.29) is 5.91 Å². The molecule has 0 bridgehead atoms. The average Bonchev–Trinajstić information content (AvgIpc) is 3.48. The third kappa shape index (κ3) is 7.46. The summed E-state index contributed by atoms with van der Waals surface area (Å²) in [4.78, 5) is 26.4. The molecular formula is C28H27N2NaO4S. The number of nitrogens with zero attached hydrogens (tertiary/aromatic N) is 1. The summed E-state index contributed by atoms with van der Waals surface area (Å²) in [6, 6.07) is 20.7. The van der Waals surface area contributed by atoms with E-state index in [1.807, 2.05) is 30.3 Å². The molecule has 3 aromatic rings. The van der Waals surface area contributed by atoms with Gasteiger partial charge in [-0.15, -0.1) is 0 Å². The minimum absolute atomic E-state index is 0.216. The van der Waals surface area contributed by atoms with Crippen molar-refractivity contribution in [2.45, 2.75) is 32.6 Å². The Labute approximate surface area is 232 Å². The van der Waals surface area contributed by atoms with Crippen LogP contribution in [0.25, 0.3) is 16.8 Å². The number of carboxylic acid groups (broad SMARTS) is 1. The van der Waals surface area contributed by atoms with Crippen molar-refractivity contribution >= 4 is 82.1 Å². The molecule has 1 fully saturated rings. The van der Waals surface area contributed by atoms with Gasteiger partial charge in [0, 0.05) is 6.92 Å². The molecule has 2 aliphatic rings.